The van der Waals surface area contributed by atoms with Gasteiger partial charge in [-0.1, -0.05) is 18.2 Å². The Bertz CT molecular complexity index is 558. The summed E-state index contributed by atoms with van der Waals surface area (Å²) in [4.78, 5) is 18.4. The van der Waals surface area contributed by atoms with Crippen LogP contribution in [-0.4, -0.2) is 30.1 Å². The SMILES string of the molecule is O=C(Nc1ccccc1)NC1CCN(c2nccs2)C1. The molecule has 0 spiro atoms. The van der Waals surface area contributed by atoms with Gasteiger partial charge >= 0.3 is 6.03 Å². The number of anilines is 2. The number of hydrogen-bond acceptors (Lipinski definition) is 4. The van der Waals surface area contributed by atoms with Crippen LogP contribution >= 0.6 is 11.3 Å². The molecular formula is C14H16N4OS. The quantitative estimate of drug-likeness (QED) is 0.912. The van der Waals surface area contributed by atoms with E-state index in [0.717, 1.165) is 30.3 Å². The Kier molecular flexibility index (Phi) is 3.83. The Balaban J connectivity index is 1.51. The van der Waals surface area contributed by atoms with Gasteiger partial charge in [0.15, 0.2) is 5.13 Å². The number of urea groups is 1. The molecule has 1 atom stereocenters. The number of aromatic nitrogens is 1. The summed E-state index contributed by atoms with van der Waals surface area (Å²) in [6.07, 6.45) is 2.75. The van der Waals surface area contributed by atoms with Gasteiger partial charge in [0, 0.05) is 36.4 Å². The van der Waals surface area contributed by atoms with Crippen LogP contribution in [0.5, 0.6) is 0 Å². The van der Waals surface area contributed by atoms with Crippen molar-refractivity contribution in [2.24, 2.45) is 0 Å². The highest BCUT2D eigenvalue weighted by molar-refractivity contribution is 7.13. The number of amides is 2. The zero-order valence-electron chi connectivity index (χ0n) is 11.0. The molecule has 20 heavy (non-hydrogen) atoms. The Labute approximate surface area is 121 Å². The van der Waals surface area contributed by atoms with E-state index in [4.69, 9.17) is 0 Å². The molecule has 1 unspecified atom stereocenters. The van der Waals surface area contributed by atoms with Crippen LogP contribution in [-0.2, 0) is 0 Å². The summed E-state index contributed by atoms with van der Waals surface area (Å²) >= 11 is 1.63. The molecule has 1 saturated heterocycles. The van der Waals surface area contributed by atoms with Crippen LogP contribution < -0.4 is 15.5 Å². The second-order valence-corrected chi connectivity index (χ2v) is 5.58. The minimum atomic E-state index is -0.151. The number of thiazole rings is 1. The fraction of sp³-hybridized carbons (Fsp3) is 0.286. The molecule has 1 fully saturated rings. The lowest BCUT2D eigenvalue weighted by Crippen LogP contribution is -2.39. The first-order chi connectivity index (χ1) is 9.81. The highest BCUT2D eigenvalue weighted by atomic mass is 32.1. The van der Waals surface area contributed by atoms with Crippen LogP contribution in [0.1, 0.15) is 6.42 Å². The van der Waals surface area contributed by atoms with E-state index < -0.39 is 0 Å². The molecule has 0 aliphatic carbocycles. The van der Waals surface area contributed by atoms with Crippen molar-refractivity contribution in [3.8, 4) is 0 Å². The standard InChI is InChI=1S/C14H16N4OS/c19-13(16-11-4-2-1-3-5-11)17-12-6-8-18(10-12)14-15-7-9-20-14/h1-5,7,9,12H,6,8,10H2,(H2,16,17,19). The van der Waals surface area contributed by atoms with Crippen molar-refractivity contribution >= 4 is 28.2 Å². The number of nitrogens with one attached hydrogen (secondary N) is 2. The second-order valence-electron chi connectivity index (χ2n) is 4.71. The largest absolute Gasteiger partial charge is 0.346 e. The molecule has 2 heterocycles. The van der Waals surface area contributed by atoms with Gasteiger partial charge < -0.3 is 15.5 Å². The van der Waals surface area contributed by atoms with E-state index in [9.17, 15) is 4.79 Å². The first-order valence-electron chi connectivity index (χ1n) is 6.58. The van der Waals surface area contributed by atoms with E-state index in [-0.39, 0.29) is 12.1 Å². The molecule has 1 aliphatic heterocycles. The highest BCUT2D eigenvalue weighted by Crippen LogP contribution is 2.22. The Morgan fingerprint density at radius 2 is 2.20 bits per heavy atom. The van der Waals surface area contributed by atoms with E-state index in [0.29, 0.717) is 0 Å². The summed E-state index contributed by atoms with van der Waals surface area (Å²) in [5.41, 5.74) is 0.805. The number of nitrogens with zero attached hydrogens (tertiary/aromatic N) is 2. The van der Waals surface area contributed by atoms with Gasteiger partial charge in [-0.15, -0.1) is 11.3 Å². The first-order valence-corrected chi connectivity index (χ1v) is 7.46. The van der Waals surface area contributed by atoms with Crippen molar-refractivity contribution in [2.75, 3.05) is 23.3 Å². The lowest BCUT2D eigenvalue weighted by atomic mass is 10.3. The predicted molar refractivity (Wildman–Crippen MR) is 81.3 cm³/mol. The van der Waals surface area contributed by atoms with Crippen molar-refractivity contribution in [3.63, 3.8) is 0 Å². The Hall–Kier alpha value is -2.08. The van der Waals surface area contributed by atoms with Gasteiger partial charge in [-0.05, 0) is 18.6 Å². The molecular weight excluding hydrogens is 272 g/mol. The maximum absolute atomic E-state index is 11.9. The maximum atomic E-state index is 11.9. The smallest absolute Gasteiger partial charge is 0.319 e. The predicted octanol–water partition coefficient (Wildman–Crippen LogP) is 2.54. The number of benzene rings is 1. The summed E-state index contributed by atoms with van der Waals surface area (Å²) in [6, 6.07) is 9.48. The van der Waals surface area contributed by atoms with Gasteiger partial charge in [-0.2, -0.15) is 0 Å². The maximum Gasteiger partial charge on any atom is 0.319 e. The first kappa shape index (κ1) is 12.9. The second kappa shape index (κ2) is 5.92. The van der Waals surface area contributed by atoms with E-state index >= 15 is 0 Å². The highest BCUT2D eigenvalue weighted by Gasteiger charge is 2.25. The van der Waals surface area contributed by atoms with Crippen LogP contribution in [0.25, 0.3) is 0 Å². The topological polar surface area (TPSA) is 57.3 Å². The molecule has 1 aliphatic rings. The van der Waals surface area contributed by atoms with Crippen LogP contribution in [0.4, 0.5) is 15.6 Å². The van der Waals surface area contributed by atoms with Crippen molar-refractivity contribution in [2.45, 2.75) is 12.5 Å². The van der Waals surface area contributed by atoms with E-state index in [2.05, 4.69) is 20.5 Å². The summed E-state index contributed by atoms with van der Waals surface area (Å²) in [7, 11) is 0. The molecule has 1 aromatic carbocycles. The molecule has 1 aromatic heterocycles. The molecule has 0 saturated carbocycles. The average Bonchev–Trinajstić information content (AvgIpc) is 3.10. The van der Waals surface area contributed by atoms with E-state index in [1.807, 2.05) is 41.9 Å². The van der Waals surface area contributed by atoms with Gasteiger partial charge in [0.05, 0.1) is 0 Å². The monoisotopic (exact) mass is 288 g/mol. The Morgan fingerprint density at radius 1 is 1.35 bits per heavy atom. The normalized spacial score (nSPS) is 18.0. The number of rotatable bonds is 3. The van der Waals surface area contributed by atoms with Crippen molar-refractivity contribution < 1.29 is 4.79 Å². The van der Waals surface area contributed by atoms with Crippen molar-refractivity contribution in [1.29, 1.82) is 0 Å². The minimum absolute atomic E-state index is 0.151. The van der Waals surface area contributed by atoms with Gasteiger partial charge in [0.25, 0.3) is 0 Å². The molecule has 104 valence electrons. The van der Waals surface area contributed by atoms with E-state index in [1.54, 1.807) is 11.3 Å². The summed E-state index contributed by atoms with van der Waals surface area (Å²) in [5.74, 6) is 0. The third-order valence-electron chi connectivity index (χ3n) is 3.24. The van der Waals surface area contributed by atoms with Gasteiger partial charge in [-0.25, -0.2) is 9.78 Å². The third-order valence-corrected chi connectivity index (χ3v) is 4.08. The number of hydrogen-bond donors (Lipinski definition) is 2. The van der Waals surface area contributed by atoms with Gasteiger partial charge in [-0.3, -0.25) is 0 Å². The number of carbonyl (C=O) groups is 1. The van der Waals surface area contributed by atoms with Crippen LogP contribution in [0, 0.1) is 0 Å². The lowest BCUT2D eigenvalue weighted by Gasteiger charge is -2.16. The Morgan fingerprint density at radius 3 is 2.95 bits per heavy atom. The lowest BCUT2D eigenvalue weighted by molar-refractivity contribution is 0.249. The third kappa shape index (κ3) is 3.08. The zero-order valence-corrected chi connectivity index (χ0v) is 11.8. The van der Waals surface area contributed by atoms with Crippen LogP contribution in [0.3, 0.4) is 0 Å². The summed E-state index contributed by atoms with van der Waals surface area (Å²) < 4.78 is 0. The fourth-order valence-electron chi connectivity index (χ4n) is 2.30. The van der Waals surface area contributed by atoms with Gasteiger partial charge in [0.2, 0.25) is 0 Å². The van der Waals surface area contributed by atoms with Crippen LogP contribution in [0.15, 0.2) is 41.9 Å². The molecule has 2 aromatic rings. The molecule has 2 N–H and O–H groups in total. The number of para-hydroxylation sites is 1. The summed E-state index contributed by atoms with van der Waals surface area (Å²) in [5, 5.41) is 8.84. The van der Waals surface area contributed by atoms with Crippen LogP contribution in [0.2, 0.25) is 0 Å². The van der Waals surface area contributed by atoms with Crippen molar-refractivity contribution in [1.82, 2.24) is 10.3 Å². The zero-order chi connectivity index (χ0) is 13.8. The minimum Gasteiger partial charge on any atom is -0.346 e. The fourth-order valence-corrected chi connectivity index (χ4v) is 2.98. The molecule has 6 heteroatoms. The average molecular weight is 288 g/mol. The van der Waals surface area contributed by atoms with Crippen molar-refractivity contribution in [3.05, 3.63) is 41.9 Å². The summed E-state index contributed by atoms with van der Waals surface area (Å²) in [6.45, 7) is 1.75. The molecule has 3 rings (SSSR count). The van der Waals surface area contributed by atoms with E-state index in [1.165, 1.54) is 0 Å². The number of carbonyl (C=O) groups excluding carboxylic acids is 1. The molecule has 5 nitrogen and oxygen atoms in total. The molecule has 0 bridgehead atoms. The molecule has 0 radical (unpaired) electrons. The molecule has 2 amide bonds. The van der Waals surface area contributed by atoms with Gasteiger partial charge in [0.1, 0.15) is 0 Å².